The molecule has 0 saturated heterocycles. The molecule has 0 N–H and O–H groups in total. The van der Waals surface area contributed by atoms with Crippen LogP contribution >= 0.6 is 0 Å². The van der Waals surface area contributed by atoms with E-state index in [1.54, 1.807) is 19.9 Å². The highest BCUT2D eigenvalue weighted by atomic mass is 32.2. The van der Waals surface area contributed by atoms with E-state index in [9.17, 15) is 23.3 Å². The number of esters is 1. The van der Waals surface area contributed by atoms with Crippen molar-refractivity contribution in [2.45, 2.75) is 25.3 Å². The zero-order valence-corrected chi connectivity index (χ0v) is 15.8. The Morgan fingerprint density at radius 3 is 2.22 bits per heavy atom. The molecule has 0 bridgehead atoms. The van der Waals surface area contributed by atoms with Crippen molar-refractivity contribution in [1.29, 1.82) is 0 Å². The molecule has 0 heterocycles. The fourth-order valence-electron chi connectivity index (χ4n) is 2.51. The van der Waals surface area contributed by atoms with Gasteiger partial charge in [0.15, 0.2) is 0 Å². The molecule has 0 radical (unpaired) electrons. The number of nitrogens with zero attached hydrogens (tertiary/aromatic N) is 2. The van der Waals surface area contributed by atoms with Crippen LogP contribution in [-0.2, 0) is 21.4 Å². The van der Waals surface area contributed by atoms with Crippen molar-refractivity contribution in [3.63, 3.8) is 0 Å². The lowest BCUT2D eigenvalue weighted by atomic mass is 10.2. The summed E-state index contributed by atoms with van der Waals surface area (Å²) in [5.74, 6) is -0.695. The highest BCUT2D eigenvalue weighted by molar-refractivity contribution is 7.89. The summed E-state index contributed by atoms with van der Waals surface area (Å²) in [6, 6.07) is 11.4. The van der Waals surface area contributed by atoms with Gasteiger partial charge in [-0.2, -0.15) is 4.31 Å². The van der Waals surface area contributed by atoms with Crippen molar-refractivity contribution in [2.24, 2.45) is 0 Å². The van der Waals surface area contributed by atoms with E-state index in [0.29, 0.717) is 13.1 Å². The SMILES string of the molecule is CCN(CC)S(=O)(=O)c1ccc(C(=O)OCc2ccccc2[N+](=O)[O-])cc1. The Morgan fingerprint density at radius 2 is 1.67 bits per heavy atom. The maximum absolute atomic E-state index is 12.4. The number of rotatable bonds is 8. The lowest BCUT2D eigenvalue weighted by molar-refractivity contribution is -0.385. The molecule has 2 rings (SSSR count). The number of para-hydroxylation sites is 1. The highest BCUT2D eigenvalue weighted by Gasteiger charge is 2.22. The Hall–Kier alpha value is -2.78. The zero-order chi connectivity index (χ0) is 20.0. The van der Waals surface area contributed by atoms with Crippen LogP contribution in [0.1, 0.15) is 29.8 Å². The van der Waals surface area contributed by atoms with Crippen LogP contribution in [0.15, 0.2) is 53.4 Å². The molecule has 0 aliphatic heterocycles. The van der Waals surface area contributed by atoms with E-state index in [-0.39, 0.29) is 28.3 Å². The summed E-state index contributed by atoms with van der Waals surface area (Å²) < 4.78 is 31.3. The molecular weight excluding hydrogens is 372 g/mol. The first-order valence-electron chi connectivity index (χ1n) is 8.30. The van der Waals surface area contributed by atoms with Gasteiger partial charge in [-0.15, -0.1) is 0 Å². The summed E-state index contributed by atoms with van der Waals surface area (Å²) in [5.41, 5.74) is 0.301. The van der Waals surface area contributed by atoms with Crippen LogP contribution in [0.2, 0.25) is 0 Å². The van der Waals surface area contributed by atoms with Crippen LogP contribution in [0, 0.1) is 10.1 Å². The number of hydrogen-bond acceptors (Lipinski definition) is 6. The normalized spacial score (nSPS) is 11.4. The van der Waals surface area contributed by atoms with E-state index >= 15 is 0 Å². The predicted octanol–water partition coefficient (Wildman–Crippen LogP) is 2.98. The summed E-state index contributed by atoms with van der Waals surface area (Å²) in [4.78, 5) is 22.7. The average molecular weight is 392 g/mol. The number of nitro benzene ring substituents is 1. The standard InChI is InChI=1S/C18H20N2O6S/c1-3-19(4-2)27(24,25)16-11-9-14(10-12-16)18(21)26-13-15-7-5-6-8-17(15)20(22)23/h5-12H,3-4,13H2,1-2H3. The molecule has 0 spiro atoms. The smallest absolute Gasteiger partial charge is 0.338 e. The third kappa shape index (κ3) is 4.69. The Balaban J connectivity index is 2.12. The summed E-state index contributed by atoms with van der Waals surface area (Å²) in [5, 5.41) is 11.0. The van der Waals surface area contributed by atoms with Gasteiger partial charge in [-0.3, -0.25) is 10.1 Å². The third-order valence-electron chi connectivity index (χ3n) is 3.98. The van der Waals surface area contributed by atoms with E-state index in [0.717, 1.165) is 0 Å². The number of sulfonamides is 1. The summed E-state index contributed by atoms with van der Waals surface area (Å²) >= 11 is 0. The van der Waals surface area contributed by atoms with E-state index < -0.39 is 20.9 Å². The van der Waals surface area contributed by atoms with Crippen molar-refractivity contribution in [1.82, 2.24) is 4.31 Å². The van der Waals surface area contributed by atoms with Crippen LogP contribution in [0.4, 0.5) is 5.69 Å². The first kappa shape index (κ1) is 20.5. The van der Waals surface area contributed by atoms with Crippen LogP contribution in [-0.4, -0.2) is 36.7 Å². The minimum atomic E-state index is -3.61. The van der Waals surface area contributed by atoms with Gasteiger partial charge in [0.1, 0.15) is 6.61 Å². The number of carbonyl (C=O) groups is 1. The van der Waals surface area contributed by atoms with Crippen LogP contribution in [0.3, 0.4) is 0 Å². The zero-order valence-electron chi connectivity index (χ0n) is 15.0. The lowest BCUT2D eigenvalue weighted by Crippen LogP contribution is -2.30. The third-order valence-corrected chi connectivity index (χ3v) is 6.04. The molecule has 8 nitrogen and oxygen atoms in total. The van der Waals surface area contributed by atoms with Crippen molar-refractivity contribution in [2.75, 3.05) is 13.1 Å². The Morgan fingerprint density at radius 1 is 1.07 bits per heavy atom. The second-order valence-corrected chi connectivity index (χ2v) is 7.51. The fraction of sp³-hybridized carbons (Fsp3) is 0.278. The quantitative estimate of drug-likeness (QED) is 0.388. The Kier molecular flexibility index (Phi) is 6.65. The van der Waals surface area contributed by atoms with Gasteiger partial charge in [-0.25, -0.2) is 13.2 Å². The van der Waals surface area contributed by atoms with Gasteiger partial charge in [-0.05, 0) is 30.3 Å². The van der Waals surface area contributed by atoms with Crippen LogP contribution in [0.5, 0.6) is 0 Å². The molecular formula is C18H20N2O6S. The average Bonchev–Trinajstić information content (AvgIpc) is 2.67. The van der Waals surface area contributed by atoms with Gasteiger partial charge >= 0.3 is 5.97 Å². The molecule has 144 valence electrons. The van der Waals surface area contributed by atoms with E-state index in [1.807, 2.05) is 0 Å². The Labute approximate surface area is 157 Å². The molecule has 2 aromatic carbocycles. The van der Waals surface area contributed by atoms with E-state index in [1.165, 1.54) is 46.8 Å². The van der Waals surface area contributed by atoms with Crippen LogP contribution in [0.25, 0.3) is 0 Å². The first-order valence-corrected chi connectivity index (χ1v) is 9.74. The number of ether oxygens (including phenoxy) is 1. The molecule has 9 heteroatoms. The molecule has 0 fully saturated rings. The van der Waals surface area contributed by atoms with Gasteiger partial charge in [0.25, 0.3) is 5.69 Å². The molecule has 0 atom stereocenters. The van der Waals surface area contributed by atoms with Crippen LogP contribution < -0.4 is 0 Å². The first-order chi connectivity index (χ1) is 12.8. The predicted molar refractivity (Wildman–Crippen MR) is 98.8 cm³/mol. The lowest BCUT2D eigenvalue weighted by Gasteiger charge is -2.18. The number of carbonyl (C=O) groups excluding carboxylic acids is 1. The minimum absolute atomic E-state index is 0.0847. The summed E-state index contributed by atoms with van der Waals surface area (Å²) in [6.07, 6.45) is 0. The molecule has 0 aliphatic rings. The number of hydrogen-bond donors (Lipinski definition) is 0. The maximum Gasteiger partial charge on any atom is 0.338 e. The van der Waals surface area contributed by atoms with Gasteiger partial charge in [-0.1, -0.05) is 26.0 Å². The minimum Gasteiger partial charge on any atom is -0.457 e. The van der Waals surface area contributed by atoms with Crippen molar-refractivity contribution in [3.05, 3.63) is 69.8 Å². The fourth-order valence-corrected chi connectivity index (χ4v) is 3.97. The van der Waals surface area contributed by atoms with Gasteiger partial charge in [0.2, 0.25) is 10.0 Å². The van der Waals surface area contributed by atoms with Crippen molar-refractivity contribution in [3.8, 4) is 0 Å². The summed E-state index contributed by atoms with van der Waals surface area (Å²) in [6.45, 7) is 3.93. The van der Waals surface area contributed by atoms with E-state index in [2.05, 4.69) is 0 Å². The van der Waals surface area contributed by atoms with Gasteiger partial charge in [0.05, 0.1) is 20.9 Å². The number of nitro groups is 1. The molecule has 0 aliphatic carbocycles. The second-order valence-electron chi connectivity index (χ2n) is 5.58. The van der Waals surface area contributed by atoms with Gasteiger partial charge in [0, 0.05) is 19.2 Å². The van der Waals surface area contributed by atoms with Crippen molar-refractivity contribution >= 4 is 21.7 Å². The maximum atomic E-state index is 12.4. The highest BCUT2D eigenvalue weighted by Crippen LogP contribution is 2.20. The Bertz CT molecular complexity index is 921. The second kappa shape index (κ2) is 8.74. The molecule has 27 heavy (non-hydrogen) atoms. The monoisotopic (exact) mass is 392 g/mol. The summed E-state index contributed by atoms with van der Waals surface area (Å²) in [7, 11) is -3.61. The topological polar surface area (TPSA) is 107 Å². The molecule has 0 unspecified atom stereocenters. The van der Waals surface area contributed by atoms with Crippen molar-refractivity contribution < 1.29 is 22.9 Å². The van der Waals surface area contributed by atoms with Gasteiger partial charge < -0.3 is 4.74 Å². The number of benzene rings is 2. The molecule has 2 aromatic rings. The molecule has 0 aromatic heterocycles. The van der Waals surface area contributed by atoms with E-state index in [4.69, 9.17) is 4.74 Å². The molecule has 0 amide bonds. The largest absolute Gasteiger partial charge is 0.457 e. The molecule has 0 saturated carbocycles.